The lowest BCUT2D eigenvalue weighted by Gasteiger charge is -2.39. The molecule has 160 valence electrons. The van der Waals surface area contributed by atoms with Crippen molar-refractivity contribution in [3.8, 4) is 17.0 Å². The number of aromatic nitrogens is 2. The van der Waals surface area contributed by atoms with Gasteiger partial charge < -0.3 is 9.64 Å². The van der Waals surface area contributed by atoms with Crippen LogP contribution in [0.4, 0.5) is 0 Å². The summed E-state index contributed by atoms with van der Waals surface area (Å²) in [6.45, 7) is 0.526. The first-order valence-corrected chi connectivity index (χ1v) is 11.5. The molecule has 1 fully saturated rings. The third-order valence-electron chi connectivity index (χ3n) is 5.22. The van der Waals surface area contributed by atoms with Crippen LogP contribution in [-0.2, 0) is 9.84 Å². The molecule has 1 aliphatic heterocycles. The second-order valence-electron chi connectivity index (χ2n) is 7.33. The molecule has 1 amide bonds. The zero-order chi connectivity index (χ0) is 22.2. The van der Waals surface area contributed by atoms with Crippen molar-refractivity contribution in [2.24, 2.45) is 0 Å². The van der Waals surface area contributed by atoms with E-state index in [4.69, 9.17) is 4.74 Å². The molecule has 0 radical (unpaired) electrons. The normalized spacial score (nSPS) is 14.2. The number of carbonyl (C=O) groups is 1. The van der Waals surface area contributed by atoms with E-state index in [1.807, 2.05) is 24.3 Å². The Bertz CT molecular complexity index is 1310. The molecule has 1 saturated heterocycles. The summed E-state index contributed by atoms with van der Waals surface area (Å²) in [4.78, 5) is 26.8. The third-order valence-corrected chi connectivity index (χ3v) is 6.38. The van der Waals surface area contributed by atoms with E-state index < -0.39 is 9.84 Å². The van der Waals surface area contributed by atoms with Gasteiger partial charge in [0, 0.05) is 31.0 Å². The summed E-state index contributed by atoms with van der Waals surface area (Å²) >= 11 is 0. The van der Waals surface area contributed by atoms with Gasteiger partial charge in [-0.05, 0) is 30.3 Å². The van der Waals surface area contributed by atoms with Gasteiger partial charge in [0.05, 0.1) is 29.3 Å². The smallest absolute Gasteiger partial charge is 0.267 e. The van der Waals surface area contributed by atoms with Crippen molar-refractivity contribution in [1.29, 1.82) is 0 Å². The van der Waals surface area contributed by atoms with Crippen LogP contribution in [-0.4, -0.2) is 55.5 Å². The van der Waals surface area contributed by atoms with Gasteiger partial charge in [0.2, 0.25) is 0 Å². The standard InChI is InChI=1S/C22H21N3O5S/c1-30-19-9-5-3-7-16(19)18-11-12-21(26)25(23-18)15-13-24(14-15)22(27)17-8-4-6-10-20(17)31(2,28)29/h3-12,15H,13-14H2,1-2H3. The molecule has 0 bridgehead atoms. The lowest BCUT2D eigenvalue weighted by atomic mass is 10.1. The average Bonchev–Trinajstić information content (AvgIpc) is 2.73. The molecule has 0 aliphatic carbocycles. The largest absolute Gasteiger partial charge is 0.496 e. The van der Waals surface area contributed by atoms with Crippen LogP contribution >= 0.6 is 0 Å². The zero-order valence-electron chi connectivity index (χ0n) is 17.1. The van der Waals surface area contributed by atoms with Gasteiger partial charge in [-0.25, -0.2) is 13.1 Å². The second kappa shape index (κ2) is 7.99. The lowest BCUT2D eigenvalue weighted by Crippen LogP contribution is -2.53. The van der Waals surface area contributed by atoms with Gasteiger partial charge in [0.15, 0.2) is 9.84 Å². The Labute approximate surface area is 179 Å². The first-order chi connectivity index (χ1) is 14.8. The maximum atomic E-state index is 12.9. The van der Waals surface area contributed by atoms with E-state index in [-0.39, 0.29) is 41.1 Å². The van der Waals surface area contributed by atoms with Crippen LogP contribution in [0.1, 0.15) is 16.4 Å². The number of amides is 1. The van der Waals surface area contributed by atoms with Gasteiger partial charge in [0.1, 0.15) is 5.75 Å². The van der Waals surface area contributed by atoms with Crippen LogP contribution in [0, 0.1) is 0 Å². The average molecular weight is 439 g/mol. The summed E-state index contributed by atoms with van der Waals surface area (Å²) in [7, 11) is -1.97. The van der Waals surface area contributed by atoms with Crippen molar-refractivity contribution in [3.63, 3.8) is 0 Å². The molecule has 2 heterocycles. The molecule has 9 heteroatoms. The SMILES string of the molecule is COc1ccccc1-c1ccc(=O)n(C2CN(C(=O)c3ccccc3S(C)(=O)=O)C2)n1. The van der Waals surface area contributed by atoms with E-state index >= 15 is 0 Å². The Hall–Kier alpha value is -3.46. The van der Waals surface area contributed by atoms with E-state index in [1.165, 1.54) is 27.8 Å². The number of sulfone groups is 1. The number of nitrogens with zero attached hydrogens (tertiary/aromatic N) is 3. The summed E-state index contributed by atoms with van der Waals surface area (Å²) in [5.41, 5.74) is 1.20. The van der Waals surface area contributed by atoms with Gasteiger partial charge in [-0.1, -0.05) is 24.3 Å². The highest BCUT2D eigenvalue weighted by atomic mass is 32.2. The molecule has 4 rings (SSSR count). The second-order valence-corrected chi connectivity index (χ2v) is 9.32. The third kappa shape index (κ3) is 3.96. The molecule has 2 aromatic carbocycles. The molecule has 0 unspecified atom stereocenters. The van der Waals surface area contributed by atoms with E-state index in [0.717, 1.165) is 11.8 Å². The monoisotopic (exact) mass is 439 g/mol. The van der Waals surface area contributed by atoms with Crippen LogP contribution in [0.3, 0.4) is 0 Å². The number of rotatable bonds is 5. The van der Waals surface area contributed by atoms with E-state index in [2.05, 4.69) is 5.10 Å². The van der Waals surface area contributed by atoms with Crippen LogP contribution in [0.2, 0.25) is 0 Å². The summed E-state index contributed by atoms with van der Waals surface area (Å²) < 4.78 is 30.8. The van der Waals surface area contributed by atoms with Crippen molar-refractivity contribution in [1.82, 2.24) is 14.7 Å². The topological polar surface area (TPSA) is 98.6 Å². The molecule has 1 aliphatic rings. The van der Waals surface area contributed by atoms with Gasteiger partial charge >= 0.3 is 0 Å². The number of hydrogen-bond donors (Lipinski definition) is 0. The molecular weight excluding hydrogens is 418 g/mol. The Morgan fingerprint density at radius 2 is 1.71 bits per heavy atom. The fraction of sp³-hybridized carbons (Fsp3) is 0.227. The first kappa shape index (κ1) is 20.8. The molecule has 1 aromatic heterocycles. The zero-order valence-corrected chi connectivity index (χ0v) is 17.9. The maximum Gasteiger partial charge on any atom is 0.267 e. The number of benzene rings is 2. The van der Waals surface area contributed by atoms with Gasteiger partial charge in [0.25, 0.3) is 11.5 Å². The molecule has 0 N–H and O–H groups in total. The van der Waals surface area contributed by atoms with Gasteiger partial charge in [-0.2, -0.15) is 5.10 Å². The van der Waals surface area contributed by atoms with Crippen molar-refractivity contribution in [2.75, 3.05) is 26.5 Å². The summed E-state index contributed by atoms with van der Waals surface area (Å²) in [5, 5.41) is 4.49. The lowest BCUT2D eigenvalue weighted by molar-refractivity contribution is 0.0489. The number of likely N-dealkylation sites (tertiary alicyclic amines) is 1. The van der Waals surface area contributed by atoms with Crippen molar-refractivity contribution < 1.29 is 17.9 Å². The highest BCUT2D eigenvalue weighted by molar-refractivity contribution is 7.90. The Kier molecular flexibility index (Phi) is 5.36. The Balaban J connectivity index is 1.58. The highest BCUT2D eigenvalue weighted by Gasteiger charge is 2.35. The van der Waals surface area contributed by atoms with Crippen molar-refractivity contribution >= 4 is 15.7 Å². The van der Waals surface area contributed by atoms with E-state index in [1.54, 1.807) is 25.3 Å². The minimum Gasteiger partial charge on any atom is -0.496 e. The minimum absolute atomic E-state index is 0.00286. The molecule has 0 atom stereocenters. The minimum atomic E-state index is -3.54. The molecule has 8 nitrogen and oxygen atoms in total. The fourth-order valence-electron chi connectivity index (χ4n) is 3.60. The van der Waals surface area contributed by atoms with Crippen LogP contribution in [0.5, 0.6) is 5.75 Å². The quantitative estimate of drug-likeness (QED) is 0.603. The number of ether oxygens (including phenoxy) is 1. The van der Waals surface area contributed by atoms with E-state index in [9.17, 15) is 18.0 Å². The molecule has 31 heavy (non-hydrogen) atoms. The van der Waals surface area contributed by atoms with Gasteiger partial charge in [-0.3, -0.25) is 9.59 Å². The van der Waals surface area contributed by atoms with Crippen LogP contribution in [0.15, 0.2) is 70.4 Å². The Morgan fingerprint density at radius 3 is 2.42 bits per heavy atom. The molecule has 3 aromatic rings. The first-order valence-electron chi connectivity index (χ1n) is 9.61. The van der Waals surface area contributed by atoms with Crippen molar-refractivity contribution in [2.45, 2.75) is 10.9 Å². The van der Waals surface area contributed by atoms with E-state index in [0.29, 0.717) is 11.4 Å². The summed E-state index contributed by atoms with van der Waals surface area (Å²) in [5.74, 6) is 0.259. The maximum absolute atomic E-state index is 12.9. The highest BCUT2D eigenvalue weighted by Crippen LogP contribution is 2.29. The predicted molar refractivity (Wildman–Crippen MR) is 115 cm³/mol. The number of hydrogen-bond acceptors (Lipinski definition) is 6. The Morgan fingerprint density at radius 1 is 1.03 bits per heavy atom. The molecule has 0 spiro atoms. The number of carbonyl (C=O) groups excluding carboxylic acids is 1. The predicted octanol–water partition coefficient (Wildman–Crippen LogP) is 2.02. The van der Waals surface area contributed by atoms with Crippen LogP contribution < -0.4 is 10.3 Å². The fourth-order valence-corrected chi connectivity index (χ4v) is 4.48. The number of methoxy groups -OCH3 is 1. The van der Waals surface area contributed by atoms with Gasteiger partial charge in [-0.15, -0.1) is 0 Å². The molecular formula is C22H21N3O5S. The van der Waals surface area contributed by atoms with Crippen LogP contribution in [0.25, 0.3) is 11.3 Å². The molecule has 0 saturated carbocycles. The summed E-state index contributed by atoms with van der Waals surface area (Å²) in [6.07, 6.45) is 1.07. The summed E-state index contributed by atoms with van der Waals surface area (Å²) in [6, 6.07) is 16.3. The number of para-hydroxylation sites is 1. The van der Waals surface area contributed by atoms with Crippen molar-refractivity contribution in [3.05, 3.63) is 76.6 Å².